The van der Waals surface area contributed by atoms with E-state index < -0.39 is 0 Å². The Morgan fingerprint density at radius 3 is 2.93 bits per heavy atom. The number of aryl methyl sites for hydroxylation is 2. The molecule has 1 aliphatic rings. The van der Waals surface area contributed by atoms with E-state index in [0.29, 0.717) is 31.9 Å². The van der Waals surface area contributed by atoms with E-state index in [4.69, 9.17) is 9.26 Å². The van der Waals surface area contributed by atoms with Crippen LogP contribution in [0.2, 0.25) is 0 Å². The zero-order valence-corrected chi connectivity index (χ0v) is 15.3. The number of carbonyl (C=O) groups is 1. The molecular formula is C19H21N5O3. The monoisotopic (exact) mass is 367 g/mol. The summed E-state index contributed by atoms with van der Waals surface area (Å²) in [5, 5.41) is 8.17. The molecule has 1 aliphatic heterocycles. The molecule has 0 fully saturated rings. The Labute approximate surface area is 156 Å². The summed E-state index contributed by atoms with van der Waals surface area (Å²) in [5.74, 6) is 0.0343. The molecule has 1 unspecified atom stereocenters. The summed E-state index contributed by atoms with van der Waals surface area (Å²) in [4.78, 5) is 19.0. The predicted octanol–water partition coefficient (Wildman–Crippen LogP) is 2.12. The molecule has 1 atom stereocenters. The van der Waals surface area contributed by atoms with Crippen LogP contribution < -0.4 is 0 Å². The predicted molar refractivity (Wildman–Crippen MR) is 95.8 cm³/mol. The van der Waals surface area contributed by atoms with Crippen molar-refractivity contribution in [2.45, 2.75) is 39.6 Å². The summed E-state index contributed by atoms with van der Waals surface area (Å²) in [6.45, 7) is 5.58. The quantitative estimate of drug-likeness (QED) is 0.702. The van der Waals surface area contributed by atoms with Crippen LogP contribution in [0.5, 0.6) is 0 Å². The Balaban J connectivity index is 1.52. The lowest BCUT2D eigenvalue weighted by Crippen LogP contribution is -2.37. The molecule has 0 N–H and O–H groups in total. The summed E-state index contributed by atoms with van der Waals surface area (Å²) in [6.07, 6.45) is 1.53. The molecule has 0 radical (unpaired) electrons. The smallest absolute Gasteiger partial charge is 0.292 e. The van der Waals surface area contributed by atoms with Crippen LogP contribution in [0.25, 0.3) is 0 Å². The summed E-state index contributed by atoms with van der Waals surface area (Å²) in [6, 6.07) is 9.41. The van der Waals surface area contributed by atoms with Gasteiger partial charge in [-0.25, -0.2) is 0 Å². The highest BCUT2D eigenvalue weighted by Gasteiger charge is 2.28. The summed E-state index contributed by atoms with van der Waals surface area (Å²) < 4.78 is 13.1. The second kappa shape index (κ2) is 7.32. The lowest BCUT2D eigenvalue weighted by molar-refractivity contribution is 0.00694. The van der Waals surface area contributed by atoms with Crippen molar-refractivity contribution in [2.24, 2.45) is 0 Å². The highest BCUT2D eigenvalue weighted by atomic mass is 16.5. The fourth-order valence-electron chi connectivity index (χ4n) is 3.18. The Bertz CT molecular complexity index is 948. The largest absolute Gasteiger partial charge is 0.368 e. The van der Waals surface area contributed by atoms with Crippen molar-refractivity contribution in [3.63, 3.8) is 0 Å². The van der Waals surface area contributed by atoms with Gasteiger partial charge in [-0.15, -0.1) is 0 Å². The number of hydrogen-bond donors (Lipinski definition) is 0. The Morgan fingerprint density at radius 1 is 1.26 bits per heavy atom. The first-order valence-electron chi connectivity index (χ1n) is 8.86. The maximum Gasteiger partial charge on any atom is 0.292 e. The van der Waals surface area contributed by atoms with E-state index in [2.05, 4.69) is 15.2 Å². The molecule has 3 aromatic heterocycles. The van der Waals surface area contributed by atoms with Gasteiger partial charge < -0.3 is 14.2 Å². The van der Waals surface area contributed by atoms with Gasteiger partial charge in [0.1, 0.15) is 0 Å². The molecule has 0 saturated heterocycles. The molecule has 1 amide bonds. The third-order valence-corrected chi connectivity index (χ3v) is 4.50. The van der Waals surface area contributed by atoms with Crippen LogP contribution in [-0.2, 0) is 24.4 Å². The molecule has 0 bridgehead atoms. The van der Waals surface area contributed by atoms with Gasteiger partial charge in [0.15, 0.2) is 0 Å². The van der Waals surface area contributed by atoms with E-state index in [1.807, 2.05) is 35.9 Å². The number of aromatic nitrogens is 4. The van der Waals surface area contributed by atoms with Crippen molar-refractivity contribution in [3.05, 3.63) is 65.1 Å². The highest BCUT2D eigenvalue weighted by Crippen LogP contribution is 2.18. The topological polar surface area (TPSA) is 86.3 Å². The van der Waals surface area contributed by atoms with E-state index in [9.17, 15) is 4.79 Å². The van der Waals surface area contributed by atoms with E-state index in [1.165, 1.54) is 0 Å². The molecule has 140 valence electrons. The Kier molecular flexibility index (Phi) is 4.72. The first kappa shape index (κ1) is 17.4. The van der Waals surface area contributed by atoms with Gasteiger partial charge >= 0.3 is 0 Å². The van der Waals surface area contributed by atoms with Gasteiger partial charge in [0.05, 0.1) is 42.9 Å². The number of carbonyl (C=O) groups excluding carboxylic acids is 1. The zero-order chi connectivity index (χ0) is 18.8. The molecular weight excluding hydrogens is 346 g/mol. The average Bonchev–Trinajstić information content (AvgIpc) is 3.24. The van der Waals surface area contributed by atoms with Crippen molar-refractivity contribution in [3.8, 4) is 0 Å². The molecule has 4 heterocycles. The minimum absolute atomic E-state index is 0.201. The van der Waals surface area contributed by atoms with Gasteiger partial charge in [-0.1, -0.05) is 11.2 Å². The van der Waals surface area contributed by atoms with Gasteiger partial charge in [-0.3, -0.25) is 14.5 Å². The van der Waals surface area contributed by atoms with Crippen molar-refractivity contribution in [1.82, 2.24) is 24.8 Å². The average molecular weight is 367 g/mol. The molecule has 4 rings (SSSR count). The standard InChI is InChI=1S/C19H21N5O3/c1-13-4-3-5-15(21-13)12-26-17-10-23(9-16-6-7-20-24(16)11-17)19(25)18-8-14(2)22-27-18/h3-8,17H,9-12H2,1-2H3. The van der Waals surface area contributed by atoms with Crippen molar-refractivity contribution in [2.75, 3.05) is 6.54 Å². The van der Waals surface area contributed by atoms with E-state index in [0.717, 1.165) is 17.1 Å². The van der Waals surface area contributed by atoms with Gasteiger partial charge in [0.25, 0.3) is 5.91 Å². The fourth-order valence-corrected chi connectivity index (χ4v) is 3.18. The molecule has 27 heavy (non-hydrogen) atoms. The molecule has 0 spiro atoms. The normalized spacial score (nSPS) is 16.8. The number of amides is 1. The Hall–Kier alpha value is -3.00. The molecule has 0 saturated carbocycles. The van der Waals surface area contributed by atoms with Crippen molar-refractivity contribution >= 4 is 5.91 Å². The van der Waals surface area contributed by atoms with Gasteiger partial charge in [-0.05, 0) is 32.0 Å². The minimum Gasteiger partial charge on any atom is -0.368 e. The van der Waals surface area contributed by atoms with Crippen LogP contribution in [0.3, 0.4) is 0 Å². The van der Waals surface area contributed by atoms with Crippen LogP contribution in [0.15, 0.2) is 41.1 Å². The van der Waals surface area contributed by atoms with E-state index in [1.54, 1.807) is 24.1 Å². The molecule has 8 heteroatoms. The van der Waals surface area contributed by atoms with Crippen LogP contribution in [0.1, 0.15) is 33.3 Å². The van der Waals surface area contributed by atoms with E-state index >= 15 is 0 Å². The van der Waals surface area contributed by atoms with E-state index in [-0.39, 0.29) is 17.8 Å². The highest BCUT2D eigenvalue weighted by molar-refractivity contribution is 5.91. The van der Waals surface area contributed by atoms with Crippen LogP contribution >= 0.6 is 0 Å². The first-order valence-corrected chi connectivity index (χ1v) is 8.86. The zero-order valence-electron chi connectivity index (χ0n) is 15.3. The summed E-state index contributed by atoms with van der Waals surface area (Å²) in [5.41, 5.74) is 3.45. The number of pyridine rings is 1. The lowest BCUT2D eigenvalue weighted by Gasteiger charge is -2.23. The lowest BCUT2D eigenvalue weighted by atomic mass is 10.2. The molecule has 3 aromatic rings. The minimum atomic E-state index is -0.207. The molecule has 0 aromatic carbocycles. The second-order valence-corrected chi connectivity index (χ2v) is 6.73. The Morgan fingerprint density at radius 2 is 2.15 bits per heavy atom. The van der Waals surface area contributed by atoms with Crippen LogP contribution in [0, 0.1) is 13.8 Å². The first-order chi connectivity index (χ1) is 13.1. The van der Waals surface area contributed by atoms with Gasteiger partial charge in [0.2, 0.25) is 5.76 Å². The number of ether oxygens (including phenoxy) is 1. The maximum atomic E-state index is 12.9. The number of hydrogen-bond acceptors (Lipinski definition) is 6. The van der Waals surface area contributed by atoms with Crippen LogP contribution in [-0.4, -0.2) is 43.4 Å². The van der Waals surface area contributed by atoms with Crippen LogP contribution in [0.4, 0.5) is 0 Å². The number of nitrogens with zero attached hydrogens (tertiary/aromatic N) is 5. The molecule has 8 nitrogen and oxygen atoms in total. The van der Waals surface area contributed by atoms with Gasteiger partial charge in [-0.2, -0.15) is 5.10 Å². The second-order valence-electron chi connectivity index (χ2n) is 6.73. The van der Waals surface area contributed by atoms with Crippen molar-refractivity contribution < 1.29 is 14.1 Å². The third-order valence-electron chi connectivity index (χ3n) is 4.50. The third kappa shape index (κ3) is 3.90. The number of fused-ring (bicyclic) bond motifs is 1. The van der Waals surface area contributed by atoms with Crippen molar-refractivity contribution in [1.29, 1.82) is 0 Å². The summed E-state index contributed by atoms with van der Waals surface area (Å²) >= 11 is 0. The van der Waals surface area contributed by atoms with Gasteiger partial charge in [0, 0.05) is 24.5 Å². The fraction of sp³-hybridized carbons (Fsp3) is 0.368. The number of rotatable bonds is 4. The summed E-state index contributed by atoms with van der Waals surface area (Å²) in [7, 11) is 0. The maximum absolute atomic E-state index is 12.9. The molecule has 0 aliphatic carbocycles. The SMILES string of the molecule is Cc1cc(C(=O)N2Cc3ccnn3CC(OCc3cccc(C)n3)C2)on1.